The summed E-state index contributed by atoms with van der Waals surface area (Å²) in [4.78, 5) is 35.3. The van der Waals surface area contributed by atoms with Crippen LogP contribution in [-0.4, -0.2) is 42.5 Å². The lowest BCUT2D eigenvalue weighted by molar-refractivity contribution is -0.115. The van der Waals surface area contributed by atoms with E-state index in [-0.39, 0.29) is 18.4 Å². The highest BCUT2D eigenvalue weighted by Gasteiger charge is 2.26. The molecule has 0 aromatic carbocycles. The molecule has 0 spiro atoms. The summed E-state index contributed by atoms with van der Waals surface area (Å²) in [6.45, 7) is 2.10. The topological polar surface area (TPSA) is 84.4 Å². The molecule has 22 heavy (non-hydrogen) atoms. The third-order valence-corrected chi connectivity index (χ3v) is 4.46. The zero-order valence-electron chi connectivity index (χ0n) is 12.3. The lowest BCUT2D eigenvalue weighted by Crippen LogP contribution is -2.36. The Labute approximate surface area is 130 Å². The first kappa shape index (κ1) is 14.5. The third-order valence-electron chi connectivity index (χ3n) is 3.40. The van der Waals surface area contributed by atoms with Gasteiger partial charge in [-0.2, -0.15) is 0 Å². The van der Waals surface area contributed by atoms with Crippen molar-refractivity contribution < 1.29 is 14.3 Å². The van der Waals surface area contributed by atoms with E-state index in [0.717, 1.165) is 15.4 Å². The van der Waals surface area contributed by atoms with Crippen molar-refractivity contribution in [2.75, 3.05) is 30.9 Å². The highest BCUT2D eigenvalue weighted by atomic mass is 32.1. The molecule has 0 bridgehead atoms. The number of nitrogens with zero attached hydrogens (tertiary/aromatic N) is 3. The van der Waals surface area contributed by atoms with Crippen molar-refractivity contribution in [3.63, 3.8) is 0 Å². The minimum atomic E-state index is -0.371. The predicted molar refractivity (Wildman–Crippen MR) is 83.3 cm³/mol. The van der Waals surface area contributed by atoms with Gasteiger partial charge in [-0.05, 0) is 13.0 Å². The van der Waals surface area contributed by atoms with Crippen LogP contribution in [0.5, 0.6) is 0 Å². The molecule has 3 rings (SSSR count). The molecule has 0 saturated heterocycles. The van der Waals surface area contributed by atoms with Crippen LogP contribution in [0.4, 0.5) is 11.5 Å². The van der Waals surface area contributed by atoms with E-state index >= 15 is 0 Å². The highest BCUT2D eigenvalue weighted by Crippen LogP contribution is 2.39. The number of hydrogen-bond acceptors (Lipinski definition) is 7. The van der Waals surface area contributed by atoms with Gasteiger partial charge in [-0.1, -0.05) is 0 Å². The standard InChI is InChI=1S/C14H14N4O3S/c1-7-8(14(20)21-3)4-9(22-7)11-12-13(16-6-15-11)17-10(19)5-18(12)2/h4,6H,5H2,1-3H3,(H,15,16,17,19). The number of rotatable bonds is 2. The molecule has 2 aromatic heterocycles. The number of amides is 1. The van der Waals surface area contributed by atoms with Crippen LogP contribution in [0.2, 0.25) is 0 Å². The molecule has 0 fully saturated rings. The molecule has 0 atom stereocenters. The number of carbonyl (C=O) groups is 2. The highest BCUT2D eigenvalue weighted by molar-refractivity contribution is 7.15. The molecule has 1 aliphatic rings. The summed E-state index contributed by atoms with van der Waals surface area (Å²) in [6, 6.07) is 1.76. The van der Waals surface area contributed by atoms with E-state index in [1.807, 2.05) is 14.0 Å². The van der Waals surface area contributed by atoms with Crippen molar-refractivity contribution in [3.05, 3.63) is 22.8 Å². The van der Waals surface area contributed by atoms with Gasteiger partial charge in [-0.15, -0.1) is 11.3 Å². The number of carbonyl (C=O) groups excluding carboxylic acids is 2. The first-order valence-electron chi connectivity index (χ1n) is 6.56. The summed E-state index contributed by atoms with van der Waals surface area (Å²) in [5.41, 5.74) is 1.97. The van der Waals surface area contributed by atoms with Gasteiger partial charge in [0.05, 0.1) is 24.1 Å². The van der Waals surface area contributed by atoms with Gasteiger partial charge < -0.3 is 15.0 Å². The number of ether oxygens (including phenoxy) is 1. The Morgan fingerprint density at radius 1 is 1.45 bits per heavy atom. The Kier molecular flexibility index (Phi) is 3.53. The maximum atomic E-state index is 11.8. The number of likely N-dealkylation sites (N-methyl/N-ethyl adjacent to an activating group) is 1. The van der Waals surface area contributed by atoms with Gasteiger partial charge >= 0.3 is 5.97 Å². The van der Waals surface area contributed by atoms with Crippen molar-refractivity contribution in [3.8, 4) is 10.6 Å². The van der Waals surface area contributed by atoms with Crippen LogP contribution >= 0.6 is 11.3 Å². The van der Waals surface area contributed by atoms with Crippen molar-refractivity contribution in [1.29, 1.82) is 0 Å². The minimum Gasteiger partial charge on any atom is -0.465 e. The first-order chi connectivity index (χ1) is 10.5. The van der Waals surface area contributed by atoms with E-state index in [9.17, 15) is 9.59 Å². The zero-order chi connectivity index (χ0) is 15.9. The minimum absolute atomic E-state index is 0.114. The number of thiophene rings is 1. The van der Waals surface area contributed by atoms with E-state index in [1.54, 1.807) is 11.0 Å². The summed E-state index contributed by atoms with van der Waals surface area (Å²) >= 11 is 1.46. The molecule has 1 N–H and O–H groups in total. The molecule has 0 radical (unpaired) electrons. The average Bonchev–Trinajstić information content (AvgIpc) is 2.87. The number of fused-ring (bicyclic) bond motifs is 1. The molecule has 3 heterocycles. The van der Waals surface area contributed by atoms with Crippen molar-refractivity contribution in [2.45, 2.75) is 6.92 Å². The zero-order valence-corrected chi connectivity index (χ0v) is 13.2. The Morgan fingerprint density at radius 3 is 2.95 bits per heavy atom. The number of hydrogen-bond donors (Lipinski definition) is 1. The molecule has 7 nitrogen and oxygen atoms in total. The van der Waals surface area contributed by atoms with Crippen molar-refractivity contribution in [1.82, 2.24) is 9.97 Å². The maximum absolute atomic E-state index is 11.8. The molecule has 0 saturated carbocycles. The summed E-state index contributed by atoms with van der Waals surface area (Å²) in [7, 11) is 3.17. The van der Waals surface area contributed by atoms with Crippen LogP contribution in [0.3, 0.4) is 0 Å². The molecule has 114 valence electrons. The summed E-state index contributed by atoms with van der Waals surface area (Å²) in [5.74, 6) is -0.00346. The van der Waals surface area contributed by atoms with Gasteiger partial charge in [0, 0.05) is 11.9 Å². The average molecular weight is 318 g/mol. The molecule has 2 aromatic rings. The Balaban J connectivity index is 2.12. The van der Waals surface area contributed by atoms with Gasteiger partial charge in [-0.25, -0.2) is 14.8 Å². The molecular weight excluding hydrogens is 304 g/mol. The van der Waals surface area contributed by atoms with Crippen LogP contribution in [0.25, 0.3) is 10.6 Å². The van der Waals surface area contributed by atoms with Crippen molar-refractivity contribution in [2.24, 2.45) is 0 Å². The molecule has 1 amide bonds. The number of methoxy groups -OCH3 is 1. The summed E-state index contributed by atoms with van der Waals surface area (Å²) in [6.07, 6.45) is 1.40. The van der Waals surface area contributed by atoms with E-state index in [2.05, 4.69) is 15.3 Å². The maximum Gasteiger partial charge on any atom is 0.338 e. The number of anilines is 2. The van der Waals surface area contributed by atoms with Gasteiger partial charge in [0.25, 0.3) is 0 Å². The molecule has 8 heteroatoms. The van der Waals surface area contributed by atoms with Crippen LogP contribution in [0.1, 0.15) is 15.2 Å². The van der Waals surface area contributed by atoms with Crippen molar-refractivity contribution >= 4 is 34.7 Å². The Hall–Kier alpha value is -2.48. The van der Waals surface area contributed by atoms with Crippen LogP contribution in [-0.2, 0) is 9.53 Å². The normalized spacial score (nSPS) is 13.6. The first-order valence-corrected chi connectivity index (χ1v) is 7.38. The summed E-state index contributed by atoms with van der Waals surface area (Å²) in [5, 5.41) is 2.74. The lowest BCUT2D eigenvalue weighted by atomic mass is 10.2. The van der Waals surface area contributed by atoms with Crippen LogP contribution in [0, 0.1) is 6.92 Å². The predicted octanol–water partition coefficient (Wildman–Crippen LogP) is 1.69. The fourth-order valence-electron chi connectivity index (χ4n) is 2.39. The number of nitrogens with one attached hydrogen (secondary N) is 1. The SMILES string of the molecule is COC(=O)c1cc(-c2ncnc3c2N(C)CC(=O)N3)sc1C. The van der Waals surface area contributed by atoms with Gasteiger partial charge in [-0.3, -0.25) is 4.79 Å². The Bertz CT molecular complexity index is 771. The fraction of sp³-hybridized carbons (Fsp3) is 0.286. The van der Waals surface area contributed by atoms with Gasteiger partial charge in [0.15, 0.2) is 5.82 Å². The molecule has 1 aliphatic heterocycles. The molecule has 0 aliphatic carbocycles. The van der Waals surface area contributed by atoms with E-state index in [0.29, 0.717) is 17.1 Å². The van der Waals surface area contributed by atoms with Crippen LogP contribution < -0.4 is 10.2 Å². The van der Waals surface area contributed by atoms with E-state index in [4.69, 9.17) is 4.74 Å². The largest absolute Gasteiger partial charge is 0.465 e. The van der Waals surface area contributed by atoms with Gasteiger partial charge in [0.1, 0.15) is 17.7 Å². The van der Waals surface area contributed by atoms with Gasteiger partial charge in [0.2, 0.25) is 5.91 Å². The fourth-order valence-corrected chi connectivity index (χ4v) is 3.39. The number of esters is 1. The second-order valence-electron chi connectivity index (χ2n) is 4.90. The molecule has 0 unspecified atom stereocenters. The molecular formula is C14H14N4O3S. The van der Waals surface area contributed by atoms with E-state index < -0.39 is 0 Å². The number of aromatic nitrogens is 2. The monoisotopic (exact) mass is 318 g/mol. The second-order valence-corrected chi connectivity index (χ2v) is 6.15. The quantitative estimate of drug-likeness (QED) is 0.848. The van der Waals surface area contributed by atoms with Crippen LogP contribution in [0.15, 0.2) is 12.4 Å². The lowest BCUT2D eigenvalue weighted by Gasteiger charge is -2.27. The number of aryl methyl sites for hydroxylation is 1. The second kappa shape index (κ2) is 5.38. The summed E-state index contributed by atoms with van der Waals surface area (Å²) < 4.78 is 4.78. The van der Waals surface area contributed by atoms with E-state index in [1.165, 1.54) is 24.8 Å². The smallest absolute Gasteiger partial charge is 0.338 e. The Morgan fingerprint density at radius 2 is 2.23 bits per heavy atom. The third kappa shape index (κ3) is 2.31.